The molecule has 7 unspecified atom stereocenters. The maximum atomic E-state index is 13.2. The molecule has 7 atom stereocenters. The van der Waals surface area contributed by atoms with Gasteiger partial charge in [-0.15, -0.1) is 0 Å². The van der Waals surface area contributed by atoms with Gasteiger partial charge in [-0.1, -0.05) is 358 Å². The lowest BCUT2D eigenvalue weighted by Gasteiger charge is -2.40. The Kier molecular flexibility index (Phi) is 62.2. The van der Waals surface area contributed by atoms with Crippen LogP contribution in [0.15, 0.2) is 48.6 Å². The Bertz CT molecular complexity index is 1480. The SMILES string of the molecule is CCCCCCC/C=C\C/C=C\C/C=C\CCCCCCCCCCCCCCCCCCCCC(=O)NC(COC1OC(CO)C(O)C(O)C1O)C(O)/C=C/CCCCCCCCCCCCCCCCCCCCCCCCCCCCC. The van der Waals surface area contributed by atoms with Crippen molar-refractivity contribution < 1.29 is 39.8 Å². The summed E-state index contributed by atoms with van der Waals surface area (Å²) in [7, 11) is 0. The van der Waals surface area contributed by atoms with Crippen LogP contribution in [-0.2, 0) is 14.3 Å². The Balaban J connectivity index is 2.10. The predicted octanol–water partition coefficient (Wildman–Crippen LogP) is 20.8. The summed E-state index contributed by atoms with van der Waals surface area (Å²) in [5, 5.41) is 54.9. The van der Waals surface area contributed by atoms with E-state index in [1.807, 2.05) is 6.08 Å². The van der Waals surface area contributed by atoms with Crippen molar-refractivity contribution in [1.29, 1.82) is 0 Å². The summed E-state index contributed by atoms with van der Waals surface area (Å²) in [5.41, 5.74) is 0. The van der Waals surface area contributed by atoms with Crippen LogP contribution in [0, 0.1) is 0 Å². The van der Waals surface area contributed by atoms with Gasteiger partial charge in [0.15, 0.2) is 6.29 Å². The lowest BCUT2D eigenvalue weighted by Crippen LogP contribution is -2.60. The zero-order chi connectivity index (χ0) is 61.4. The molecule has 85 heavy (non-hydrogen) atoms. The fraction of sp³-hybridized carbons (Fsp3) is 0.882. The normalized spacial score (nSPS) is 18.3. The number of aliphatic hydroxyl groups excluding tert-OH is 5. The number of hydrogen-bond donors (Lipinski definition) is 6. The first-order valence-corrected chi connectivity index (χ1v) is 37.4. The first-order chi connectivity index (χ1) is 41.8. The van der Waals surface area contributed by atoms with Crippen molar-refractivity contribution in [2.45, 2.75) is 416 Å². The fourth-order valence-corrected chi connectivity index (χ4v) is 12.1. The Morgan fingerprint density at radius 3 is 1.02 bits per heavy atom. The first kappa shape index (κ1) is 81.2. The van der Waals surface area contributed by atoms with Crippen LogP contribution in [0.2, 0.25) is 0 Å². The Morgan fingerprint density at radius 1 is 0.400 bits per heavy atom. The van der Waals surface area contributed by atoms with E-state index in [1.165, 1.54) is 302 Å². The molecule has 0 aromatic heterocycles. The summed E-state index contributed by atoms with van der Waals surface area (Å²) in [6.45, 7) is 3.82. The smallest absolute Gasteiger partial charge is 0.220 e. The molecular formula is C76H143NO8. The molecule has 0 aromatic carbocycles. The van der Waals surface area contributed by atoms with Gasteiger partial charge in [0.05, 0.1) is 25.4 Å². The van der Waals surface area contributed by atoms with Crippen molar-refractivity contribution in [2.75, 3.05) is 13.2 Å². The Hall–Kier alpha value is -1.85. The highest BCUT2D eigenvalue weighted by Crippen LogP contribution is 2.24. The number of ether oxygens (including phenoxy) is 2. The van der Waals surface area contributed by atoms with E-state index in [4.69, 9.17) is 9.47 Å². The number of allylic oxidation sites excluding steroid dienone is 7. The van der Waals surface area contributed by atoms with Gasteiger partial charge in [0, 0.05) is 6.42 Å². The van der Waals surface area contributed by atoms with Crippen LogP contribution < -0.4 is 5.32 Å². The van der Waals surface area contributed by atoms with Gasteiger partial charge in [-0.05, 0) is 57.8 Å². The van der Waals surface area contributed by atoms with Crippen LogP contribution in [0.1, 0.15) is 373 Å². The van der Waals surface area contributed by atoms with Crippen molar-refractivity contribution in [2.24, 2.45) is 0 Å². The molecule has 0 saturated carbocycles. The molecule has 0 bridgehead atoms. The predicted molar refractivity (Wildman–Crippen MR) is 364 cm³/mol. The second kappa shape index (κ2) is 65.1. The Labute approximate surface area is 526 Å². The molecule has 0 spiro atoms. The van der Waals surface area contributed by atoms with Gasteiger partial charge in [-0.3, -0.25) is 4.79 Å². The largest absolute Gasteiger partial charge is 0.394 e. The number of nitrogens with one attached hydrogen (secondary N) is 1. The fourth-order valence-electron chi connectivity index (χ4n) is 12.1. The molecular weight excluding hydrogens is 1050 g/mol. The van der Waals surface area contributed by atoms with E-state index >= 15 is 0 Å². The van der Waals surface area contributed by atoms with Crippen LogP contribution in [0.4, 0.5) is 0 Å². The number of rotatable bonds is 66. The highest BCUT2D eigenvalue weighted by molar-refractivity contribution is 5.76. The molecule has 0 aliphatic carbocycles. The van der Waals surface area contributed by atoms with Crippen molar-refractivity contribution in [3.8, 4) is 0 Å². The van der Waals surface area contributed by atoms with Crippen molar-refractivity contribution in [1.82, 2.24) is 5.32 Å². The highest BCUT2D eigenvalue weighted by atomic mass is 16.7. The van der Waals surface area contributed by atoms with Crippen molar-refractivity contribution in [3.05, 3.63) is 48.6 Å². The molecule has 1 amide bonds. The molecule has 1 fully saturated rings. The van der Waals surface area contributed by atoms with Crippen LogP contribution in [0.3, 0.4) is 0 Å². The van der Waals surface area contributed by atoms with E-state index in [2.05, 4.69) is 55.6 Å². The molecule has 1 aliphatic rings. The number of aliphatic hydroxyl groups is 5. The molecule has 9 heteroatoms. The Morgan fingerprint density at radius 2 is 0.694 bits per heavy atom. The number of carbonyl (C=O) groups excluding carboxylic acids is 1. The number of hydrogen-bond acceptors (Lipinski definition) is 8. The maximum Gasteiger partial charge on any atom is 0.220 e. The van der Waals surface area contributed by atoms with Crippen LogP contribution in [0.25, 0.3) is 0 Å². The number of carbonyl (C=O) groups is 1. The topological polar surface area (TPSA) is 149 Å². The lowest BCUT2D eigenvalue weighted by molar-refractivity contribution is -0.302. The average Bonchev–Trinajstić information content (AvgIpc) is 3.68. The molecule has 1 heterocycles. The standard InChI is InChI=1S/C76H143NO8/c1-3-5-7-9-11-13-15-17-19-21-23-25-27-29-31-33-34-35-36-38-40-42-44-46-48-50-52-54-56-58-60-62-64-66-72(80)77-69(68-84-76-75(83)74(82)73(81)71(67-78)85-76)70(79)65-63-61-59-57-55-53-51-49-47-45-43-41-39-37-32-30-28-26-24-22-20-18-16-14-12-10-8-6-4-2/h15,17,21,23,27,29,63,65,69-71,73-76,78-79,81-83H,3-14,16,18-20,22,24-26,28,30-62,64,66-68H2,1-2H3,(H,77,80)/b17-15-,23-21-,29-27-,65-63+. The lowest BCUT2D eigenvalue weighted by atomic mass is 9.99. The minimum absolute atomic E-state index is 0.170. The second-order valence-electron chi connectivity index (χ2n) is 26.1. The molecule has 0 aromatic rings. The van der Waals surface area contributed by atoms with E-state index in [0.29, 0.717) is 6.42 Å². The van der Waals surface area contributed by atoms with E-state index in [-0.39, 0.29) is 12.5 Å². The first-order valence-electron chi connectivity index (χ1n) is 37.4. The molecule has 1 rings (SSSR count). The minimum atomic E-state index is -1.57. The minimum Gasteiger partial charge on any atom is -0.394 e. The zero-order valence-electron chi connectivity index (χ0n) is 56.1. The van der Waals surface area contributed by atoms with Crippen LogP contribution >= 0.6 is 0 Å². The van der Waals surface area contributed by atoms with Gasteiger partial charge in [-0.25, -0.2) is 0 Å². The molecule has 500 valence electrons. The van der Waals surface area contributed by atoms with Crippen molar-refractivity contribution >= 4 is 5.91 Å². The highest BCUT2D eigenvalue weighted by Gasteiger charge is 2.44. The third kappa shape index (κ3) is 53.7. The average molecular weight is 1200 g/mol. The molecule has 1 saturated heterocycles. The molecule has 0 radical (unpaired) electrons. The van der Waals surface area contributed by atoms with Crippen molar-refractivity contribution in [3.63, 3.8) is 0 Å². The molecule has 6 N–H and O–H groups in total. The van der Waals surface area contributed by atoms with E-state index in [0.717, 1.165) is 51.4 Å². The third-order valence-electron chi connectivity index (χ3n) is 17.9. The summed E-state index contributed by atoms with van der Waals surface area (Å²) < 4.78 is 11.3. The summed E-state index contributed by atoms with van der Waals surface area (Å²) >= 11 is 0. The number of unbranched alkanes of at least 4 members (excludes halogenated alkanes) is 50. The van der Waals surface area contributed by atoms with E-state index in [1.54, 1.807) is 6.08 Å². The van der Waals surface area contributed by atoms with Gasteiger partial charge in [0.25, 0.3) is 0 Å². The van der Waals surface area contributed by atoms with E-state index in [9.17, 15) is 30.3 Å². The van der Waals surface area contributed by atoms with Gasteiger partial charge < -0.3 is 40.3 Å². The van der Waals surface area contributed by atoms with Gasteiger partial charge in [-0.2, -0.15) is 0 Å². The van der Waals surface area contributed by atoms with Gasteiger partial charge in [0.2, 0.25) is 5.91 Å². The summed E-state index contributed by atoms with van der Waals surface area (Å²) in [6, 6.07) is -0.807. The summed E-state index contributed by atoms with van der Waals surface area (Å²) in [4.78, 5) is 13.2. The third-order valence-corrected chi connectivity index (χ3v) is 17.9. The maximum absolute atomic E-state index is 13.2. The zero-order valence-corrected chi connectivity index (χ0v) is 56.1. The summed E-state index contributed by atoms with van der Waals surface area (Å²) in [6.07, 6.45) is 82.3. The van der Waals surface area contributed by atoms with Crippen LogP contribution in [-0.4, -0.2) is 87.5 Å². The quantitative estimate of drug-likeness (QED) is 0.0261. The van der Waals surface area contributed by atoms with Gasteiger partial charge >= 0.3 is 0 Å². The van der Waals surface area contributed by atoms with Crippen LogP contribution in [0.5, 0.6) is 0 Å². The molecule has 9 nitrogen and oxygen atoms in total. The van der Waals surface area contributed by atoms with E-state index < -0.39 is 49.5 Å². The summed E-state index contributed by atoms with van der Waals surface area (Å²) in [5.74, 6) is -0.170. The van der Waals surface area contributed by atoms with Gasteiger partial charge in [0.1, 0.15) is 24.4 Å². The molecule has 1 aliphatic heterocycles. The number of amides is 1. The monoisotopic (exact) mass is 1200 g/mol. The second-order valence-corrected chi connectivity index (χ2v) is 26.1.